The summed E-state index contributed by atoms with van der Waals surface area (Å²) in [5.74, 6) is -0.0650. The van der Waals surface area contributed by atoms with Gasteiger partial charge in [-0.3, -0.25) is 4.79 Å². The van der Waals surface area contributed by atoms with Crippen LogP contribution < -0.4 is 0 Å². The summed E-state index contributed by atoms with van der Waals surface area (Å²) in [6.45, 7) is 2.66. The Kier molecular flexibility index (Phi) is 12.3. The van der Waals surface area contributed by atoms with Gasteiger partial charge in [0.05, 0.1) is 0 Å². The monoisotopic (exact) mass is 318 g/mol. The molecule has 0 saturated heterocycles. The fraction of sp³-hybridized carbons (Fsp3) is 0.667. The SMILES string of the molecule is CCCCCCCCCCCCCC(=O)OCc1ccccc1. The largest absolute Gasteiger partial charge is 0.461 e. The van der Waals surface area contributed by atoms with Gasteiger partial charge in [-0.05, 0) is 12.0 Å². The third kappa shape index (κ3) is 11.9. The van der Waals surface area contributed by atoms with Crippen LogP contribution in [0.3, 0.4) is 0 Å². The van der Waals surface area contributed by atoms with Crippen LogP contribution in [-0.2, 0) is 16.1 Å². The second kappa shape index (κ2) is 14.3. The van der Waals surface area contributed by atoms with Gasteiger partial charge >= 0.3 is 5.97 Å². The van der Waals surface area contributed by atoms with Crippen molar-refractivity contribution in [3.05, 3.63) is 35.9 Å². The molecule has 0 N–H and O–H groups in total. The van der Waals surface area contributed by atoms with Gasteiger partial charge in [-0.25, -0.2) is 0 Å². The van der Waals surface area contributed by atoms with E-state index in [2.05, 4.69) is 6.92 Å². The zero-order valence-corrected chi connectivity index (χ0v) is 14.9. The van der Waals surface area contributed by atoms with Crippen molar-refractivity contribution in [3.8, 4) is 0 Å². The van der Waals surface area contributed by atoms with Crippen LogP contribution in [0.25, 0.3) is 0 Å². The molecule has 0 aromatic heterocycles. The van der Waals surface area contributed by atoms with Gasteiger partial charge in [0.25, 0.3) is 0 Å². The minimum atomic E-state index is -0.0650. The molecule has 23 heavy (non-hydrogen) atoms. The highest BCUT2D eigenvalue weighted by Crippen LogP contribution is 2.12. The van der Waals surface area contributed by atoms with Crippen molar-refractivity contribution in [1.29, 1.82) is 0 Å². The predicted molar refractivity (Wildman–Crippen MR) is 97.3 cm³/mol. The number of ether oxygens (including phenoxy) is 1. The number of carbonyl (C=O) groups excluding carboxylic acids is 1. The number of benzene rings is 1. The van der Waals surface area contributed by atoms with Crippen molar-refractivity contribution >= 4 is 5.97 Å². The lowest BCUT2D eigenvalue weighted by Crippen LogP contribution is -2.04. The summed E-state index contributed by atoms with van der Waals surface area (Å²) < 4.78 is 5.28. The molecule has 0 atom stereocenters. The Balaban J connectivity index is 1.84. The summed E-state index contributed by atoms with van der Waals surface area (Å²) in [4.78, 5) is 11.7. The number of carbonyl (C=O) groups is 1. The molecule has 0 spiro atoms. The molecular weight excluding hydrogens is 284 g/mol. The number of unbranched alkanes of at least 4 members (excludes halogenated alkanes) is 10. The normalized spacial score (nSPS) is 10.7. The van der Waals surface area contributed by atoms with Crippen molar-refractivity contribution in [2.24, 2.45) is 0 Å². The minimum absolute atomic E-state index is 0.0650. The summed E-state index contributed by atoms with van der Waals surface area (Å²) in [5, 5.41) is 0. The Morgan fingerprint density at radius 1 is 0.783 bits per heavy atom. The highest BCUT2D eigenvalue weighted by atomic mass is 16.5. The first-order valence-electron chi connectivity index (χ1n) is 9.52. The molecule has 0 amide bonds. The number of rotatable bonds is 14. The zero-order chi connectivity index (χ0) is 16.6. The van der Waals surface area contributed by atoms with E-state index in [1.54, 1.807) is 0 Å². The summed E-state index contributed by atoms with van der Waals surface area (Å²) >= 11 is 0. The Morgan fingerprint density at radius 2 is 1.30 bits per heavy atom. The third-order valence-corrected chi connectivity index (χ3v) is 4.23. The lowest BCUT2D eigenvalue weighted by Gasteiger charge is -2.05. The molecule has 0 bridgehead atoms. The number of hydrogen-bond acceptors (Lipinski definition) is 2. The summed E-state index contributed by atoms with van der Waals surface area (Å²) in [6, 6.07) is 9.86. The fourth-order valence-corrected chi connectivity index (χ4v) is 2.74. The van der Waals surface area contributed by atoms with Crippen LogP contribution in [0.4, 0.5) is 0 Å². The van der Waals surface area contributed by atoms with Gasteiger partial charge in [0.2, 0.25) is 0 Å². The highest BCUT2D eigenvalue weighted by molar-refractivity contribution is 5.69. The standard InChI is InChI=1S/C21H34O2/c1-2-3-4-5-6-7-8-9-10-11-15-18-21(22)23-19-20-16-13-12-14-17-20/h12-14,16-17H,2-11,15,18-19H2,1H3. The first-order valence-corrected chi connectivity index (χ1v) is 9.52. The van der Waals surface area contributed by atoms with Crippen molar-refractivity contribution < 1.29 is 9.53 Å². The van der Waals surface area contributed by atoms with E-state index in [0.29, 0.717) is 13.0 Å². The molecule has 1 aromatic rings. The maximum Gasteiger partial charge on any atom is 0.306 e. The van der Waals surface area contributed by atoms with Crippen LogP contribution in [-0.4, -0.2) is 5.97 Å². The molecule has 130 valence electrons. The molecule has 1 aromatic carbocycles. The van der Waals surface area contributed by atoms with Gasteiger partial charge in [0, 0.05) is 6.42 Å². The van der Waals surface area contributed by atoms with Crippen molar-refractivity contribution in [2.45, 2.75) is 90.6 Å². The molecule has 0 aliphatic rings. The molecule has 0 fully saturated rings. The van der Waals surface area contributed by atoms with E-state index >= 15 is 0 Å². The number of esters is 1. The number of hydrogen-bond donors (Lipinski definition) is 0. The molecule has 1 rings (SSSR count). The van der Waals surface area contributed by atoms with Gasteiger partial charge in [0.15, 0.2) is 0 Å². The summed E-state index contributed by atoms with van der Waals surface area (Å²) in [5.41, 5.74) is 1.06. The maximum absolute atomic E-state index is 11.7. The Morgan fingerprint density at radius 3 is 1.87 bits per heavy atom. The molecule has 0 aliphatic carbocycles. The Hall–Kier alpha value is -1.31. The second-order valence-electron chi connectivity index (χ2n) is 6.43. The van der Waals surface area contributed by atoms with E-state index < -0.39 is 0 Å². The van der Waals surface area contributed by atoms with Crippen LogP contribution in [0.15, 0.2) is 30.3 Å². The zero-order valence-electron chi connectivity index (χ0n) is 14.9. The van der Waals surface area contributed by atoms with Crippen LogP contribution in [0, 0.1) is 0 Å². The average Bonchev–Trinajstić information content (AvgIpc) is 2.59. The molecule has 0 aliphatic heterocycles. The van der Waals surface area contributed by atoms with E-state index in [0.717, 1.165) is 18.4 Å². The predicted octanol–water partition coefficient (Wildman–Crippen LogP) is 6.43. The van der Waals surface area contributed by atoms with Crippen LogP contribution in [0.2, 0.25) is 0 Å². The first-order chi connectivity index (χ1) is 11.3. The Bertz CT molecular complexity index is 386. The molecule has 0 radical (unpaired) electrons. The average molecular weight is 319 g/mol. The molecule has 0 heterocycles. The summed E-state index contributed by atoms with van der Waals surface area (Å²) in [6.07, 6.45) is 14.9. The van der Waals surface area contributed by atoms with E-state index in [9.17, 15) is 4.79 Å². The van der Waals surface area contributed by atoms with E-state index in [4.69, 9.17) is 4.74 Å². The van der Waals surface area contributed by atoms with Gasteiger partial charge in [-0.15, -0.1) is 0 Å². The van der Waals surface area contributed by atoms with Crippen LogP contribution in [0.1, 0.15) is 89.5 Å². The summed E-state index contributed by atoms with van der Waals surface area (Å²) in [7, 11) is 0. The fourth-order valence-electron chi connectivity index (χ4n) is 2.74. The van der Waals surface area contributed by atoms with Crippen LogP contribution >= 0.6 is 0 Å². The smallest absolute Gasteiger partial charge is 0.306 e. The topological polar surface area (TPSA) is 26.3 Å². The maximum atomic E-state index is 11.7. The molecule has 2 heteroatoms. The lowest BCUT2D eigenvalue weighted by molar-refractivity contribution is -0.145. The van der Waals surface area contributed by atoms with E-state index in [1.165, 1.54) is 57.8 Å². The second-order valence-corrected chi connectivity index (χ2v) is 6.43. The third-order valence-electron chi connectivity index (χ3n) is 4.23. The molecule has 2 nitrogen and oxygen atoms in total. The van der Waals surface area contributed by atoms with Crippen molar-refractivity contribution in [3.63, 3.8) is 0 Å². The van der Waals surface area contributed by atoms with E-state index in [-0.39, 0.29) is 5.97 Å². The molecule has 0 unspecified atom stereocenters. The van der Waals surface area contributed by atoms with Crippen molar-refractivity contribution in [2.75, 3.05) is 0 Å². The lowest BCUT2D eigenvalue weighted by atomic mass is 10.1. The van der Waals surface area contributed by atoms with Gasteiger partial charge in [-0.2, -0.15) is 0 Å². The minimum Gasteiger partial charge on any atom is -0.461 e. The quantitative estimate of drug-likeness (QED) is 0.292. The molecule has 0 saturated carbocycles. The van der Waals surface area contributed by atoms with Crippen LogP contribution in [0.5, 0.6) is 0 Å². The highest BCUT2D eigenvalue weighted by Gasteiger charge is 2.03. The van der Waals surface area contributed by atoms with Gasteiger partial charge < -0.3 is 4.74 Å². The van der Waals surface area contributed by atoms with Gasteiger partial charge in [0.1, 0.15) is 6.61 Å². The molecular formula is C21H34O2. The van der Waals surface area contributed by atoms with E-state index in [1.807, 2.05) is 30.3 Å². The Labute approximate surface area is 142 Å². The first kappa shape index (κ1) is 19.7. The van der Waals surface area contributed by atoms with Gasteiger partial charge in [-0.1, -0.05) is 101 Å². The van der Waals surface area contributed by atoms with Crippen molar-refractivity contribution in [1.82, 2.24) is 0 Å².